The molecule has 2 rings (SSSR count). The van der Waals surface area contributed by atoms with Crippen LogP contribution in [-0.4, -0.2) is 31.8 Å². The van der Waals surface area contributed by atoms with Crippen LogP contribution in [0, 0.1) is 0 Å². The molecule has 3 N–H and O–H groups in total. The van der Waals surface area contributed by atoms with Crippen LogP contribution in [0.25, 0.3) is 0 Å². The molecule has 1 aliphatic heterocycles. The number of halogens is 1. The van der Waals surface area contributed by atoms with Crippen molar-refractivity contribution in [2.75, 3.05) is 26.7 Å². The van der Waals surface area contributed by atoms with Gasteiger partial charge in [-0.05, 0) is 46.5 Å². The van der Waals surface area contributed by atoms with Crippen LogP contribution in [0.1, 0.15) is 30.9 Å². The van der Waals surface area contributed by atoms with Crippen LogP contribution in [-0.2, 0) is 0 Å². The van der Waals surface area contributed by atoms with Crippen LogP contribution in [0.15, 0.2) is 22.7 Å². The van der Waals surface area contributed by atoms with Crippen LogP contribution < -0.4 is 15.9 Å². The first-order chi connectivity index (χ1) is 9.24. The molecule has 1 unspecified atom stereocenters. The lowest BCUT2D eigenvalue weighted by Gasteiger charge is -2.31. The average molecular weight is 328 g/mol. The van der Waals surface area contributed by atoms with Crippen molar-refractivity contribution in [3.8, 4) is 5.75 Å². The van der Waals surface area contributed by atoms with E-state index in [4.69, 9.17) is 10.5 Å². The maximum absolute atomic E-state index is 5.91. The van der Waals surface area contributed by atoms with E-state index in [2.05, 4.69) is 38.5 Å². The first-order valence-electron chi connectivity index (χ1n) is 6.79. The predicted molar refractivity (Wildman–Crippen MR) is 81.0 cm³/mol. The lowest BCUT2D eigenvalue weighted by Crippen LogP contribution is -2.45. The van der Waals surface area contributed by atoms with Gasteiger partial charge in [0.25, 0.3) is 0 Å². The third-order valence-corrected chi connectivity index (χ3v) is 4.13. The molecule has 1 heterocycles. The van der Waals surface area contributed by atoms with Gasteiger partial charge in [-0.25, -0.2) is 10.4 Å². The number of methoxy groups -OCH3 is 1. The van der Waals surface area contributed by atoms with Crippen molar-refractivity contribution < 1.29 is 4.74 Å². The Morgan fingerprint density at radius 2 is 2.11 bits per heavy atom. The SMILES string of the molecule is COc1ccc(C(CN)NN2CCCCC2)cc1Br. The molecular weight excluding hydrogens is 306 g/mol. The first kappa shape index (κ1) is 14.8. The fourth-order valence-electron chi connectivity index (χ4n) is 2.41. The summed E-state index contributed by atoms with van der Waals surface area (Å²) >= 11 is 3.52. The predicted octanol–water partition coefficient (Wildman–Crippen LogP) is 2.45. The molecule has 0 aliphatic carbocycles. The first-order valence-corrected chi connectivity index (χ1v) is 7.58. The van der Waals surface area contributed by atoms with Crippen LogP contribution in [0.5, 0.6) is 5.75 Å². The number of nitrogens with zero attached hydrogens (tertiary/aromatic N) is 1. The highest BCUT2D eigenvalue weighted by molar-refractivity contribution is 9.10. The number of benzene rings is 1. The molecule has 1 fully saturated rings. The second kappa shape index (κ2) is 7.24. The van der Waals surface area contributed by atoms with Gasteiger partial charge in [-0.3, -0.25) is 0 Å². The van der Waals surface area contributed by atoms with Gasteiger partial charge in [0.05, 0.1) is 17.6 Å². The molecule has 106 valence electrons. The molecule has 0 amide bonds. The van der Waals surface area contributed by atoms with E-state index in [0.717, 1.165) is 23.3 Å². The summed E-state index contributed by atoms with van der Waals surface area (Å²) in [6, 6.07) is 6.27. The number of hydrazine groups is 1. The molecule has 5 heteroatoms. The highest BCUT2D eigenvalue weighted by Gasteiger charge is 2.17. The van der Waals surface area contributed by atoms with E-state index in [1.807, 2.05) is 6.07 Å². The van der Waals surface area contributed by atoms with Gasteiger partial charge in [0.15, 0.2) is 0 Å². The molecule has 4 nitrogen and oxygen atoms in total. The molecule has 0 saturated carbocycles. The van der Waals surface area contributed by atoms with Gasteiger partial charge in [0.2, 0.25) is 0 Å². The van der Waals surface area contributed by atoms with E-state index >= 15 is 0 Å². The van der Waals surface area contributed by atoms with E-state index in [9.17, 15) is 0 Å². The van der Waals surface area contributed by atoms with Gasteiger partial charge in [-0.15, -0.1) is 0 Å². The molecule has 0 bridgehead atoms. The monoisotopic (exact) mass is 327 g/mol. The number of rotatable bonds is 5. The highest BCUT2D eigenvalue weighted by Crippen LogP contribution is 2.28. The van der Waals surface area contributed by atoms with Crippen molar-refractivity contribution in [2.24, 2.45) is 5.73 Å². The fourth-order valence-corrected chi connectivity index (χ4v) is 2.96. The van der Waals surface area contributed by atoms with Crippen LogP contribution in [0.4, 0.5) is 0 Å². The second-order valence-corrected chi connectivity index (χ2v) is 5.71. The Bertz CT molecular complexity index is 408. The molecule has 1 aliphatic rings. The summed E-state index contributed by atoms with van der Waals surface area (Å²) in [5.74, 6) is 0.845. The van der Waals surface area contributed by atoms with Crippen molar-refractivity contribution in [3.63, 3.8) is 0 Å². The molecule has 1 aromatic carbocycles. The summed E-state index contributed by atoms with van der Waals surface area (Å²) < 4.78 is 6.22. The topological polar surface area (TPSA) is 50.5 Å². The molecule has 0 radical (unpaired) electrons. The molecule has 1 aromatic rings. The summed E-state index contributed by atoms with van der Waals surface area (Å²) in [6.45, 7) is 2.79. The Labute approximate surface area is 123 Å². The third kappa shape index (κ3) is 3.92. The lowest BCUT2D eigenvalue weighted by molar-refractivity contribution is 0.130. The normalized spacial score (nSPS) is 18.3. The number of nitrogens with two attached hydrogens (primary N) is 1. The quantitative estimate of drug-likeness (QED) is 0.872. The van der Waals surface area contributed by atoms with E-state index in [1.54, 1.807) is 7.11 Å². The zero-order valence-electron chi connectivity index (χ0n) is 11.4. The van der Waals surface area contributed by atoms with Crippen molar-refractivity contribution in [1.29, 1.82) is 0 Å². The maximum Gasteiger partial charge on any atom is 0.133 e. The Kier molecular flexibility index (Phi) is 5.63. The van der Waals surface area contributed by atoms with Gasteiger partial charge in [0.1, 0.15) is 5.75 Å². The minimum Gasteiger partial charge on any atom is -0.496 e. The van der Waals surface area contributed by atoms with E-state index in [1.165, 1.54) is 24.8 Å². The molecule has 0 aromatic heterocycles. The van der Waals surface area contributed by atoms with Gasteiger partial charge >= 0.3 is 0 Å². The second-order valence-electron chi connectivity index (χ2n) is 4.86. The average Bonchev–Trinajstić information content (AvgIpc) is 2.46. The minimum atomic E-state index is 0.153. The van der Waals surface area contributed by atoms with Crippen LogP contribution in [0.2, 0.25) is 0 Å². The van der Waals surface area contributed by atoms with E-state index in [-0.39, 0.29) is 6.04 Å². The van der Waals surface area contributed by atoms with Gasteiger partial charge < -0.3 is 10.5 Å². The number of ether oxygens (including phenoxy) is 1. The van der Waals surface area contributed by atoms with Crippen LogP contribution >= 0.6 is 15.9 Å². The van der Waals surface area contributed by atoms with Crippen molar-refractivity contribution in [2.45, 2.75) is 25.3 Å². The summed E-state index contributed by atoms with van der Waals surface area (Å²) in [5.41, 5.74) is 10.6. The minimum absolute atomic E-state index is 0.153. The van der Waals surface area contributed by atoms with Crippen molar-refractivity contribution in [3.05, 3.63) is 28.2 Å². The number of piperidine rings is 1. The maximum atomic E-state index is 5.91. The van der Waals surface area contributed by atoms with Gasteiger partial charge in [-0.1, -0.05) is 12.5 Å². The van der Waals surface area contributed by atoms with Crippen molar-refractivity contribution >= 4 is 15.9 Å². The third-order valence-electron chi connectivity index (χ3n) is 3.51. The molecule has 1 saturated heterocycles. The standard InChI is InChI=1S/C14H22BrN3O/c1-19-14-6-5-11(9-12(14)15)13(10-16)17-18-7-3-2-4-8-18/h5-6,9,13,17H,2-4,7-8,10,16H2,1H3. The number of hydrogen-bond donors (Lipinski definition) is 2. The van der Waals surface area contributed by atoms with Crippen molar-refractivity contribution in [1.82, 2.24) is 10.4 Å². The van der Waals surface area contributed by atoms with Gasteiger partial charge in [-0.2, -0.15) is 0 Å². The molecule has 19 heavy (non-hydrogen) atoms. The Morgan fingerprint density at radius 1 is 1.37 bits per heavy atom. The zero-order chi connectivity index (χ0) is 13.7. The zero-order valence-corrected chi connectivity index (χ0v) is 12.9. The van der Waals surface area contributed by atoms with Crippen LogP contribution in [0.3, 0.4) is 0 Å². The molecular formula is C14H22BrN3O. The summed E-state index contributed by atoms with van der Waals surface area (Å²) in [7, 11) is 1.67. The Morgan fingerprint density at radius 3 is 2.68 bits per heavy atom. The molecule has 0 spiro atoms. The fraction of sp³-hybridized carbons (Fsp3) is 0.571. The number of nitrogens with one attached hydrogen (secondary N) is 1. The summed E-state index contributed by atoms with van der Waals surface area (Å²) in [6.07, 6.45) is 3.85. The highest BCUT2D eigenvalue weighted by atomic mass is 79.9. The Hall–Kier alpha value is -0.620. The lowest BCUT2D eigenvalue weighted by atomic mass is 10.1. The Balaban J connectivity index is 2.05. The smallest absolute Gasteiger partial charge is 0.133 e. The largest absolute Gasteiger partial charge is 0.496 e. The van der Waals surface area contributed by atoms with Gasteiger partial charge in [0, 0.05) is 19.6 Å². The summed E-state index contributed by atoms with van der Waals surface area (Å²) in [4.78, 5) is 0. The van der Waals surface area contributed by atoms with E-state index < -0.39 is 0 Å². The summed E-state index contributed by atoms with van der Waals surface area (Å²) in [5, 5.41) is 2.29. The number of hydrogen-bond acceptors (Lipinski definition) is 4. The van der Waals surface area contributed by atoms with E-state index in [0.29, 0.717) is 6.54 Å². The molecule has 1 atom stereocenters.